The Morgan fingerprint density at radius 1 is 1.38 bits per heavy atom. The van der Waals surface area contributed by atoms with Crippen LogP contribution in [0.2, 0.25) is 0 Å². The zero-order valence-electron chi connectivity index (χ0n) is 8.66. The molecule has 3 rings (SSSR count). The largest absolute Gasteiger partial charge is 0.398 e. The van der Waals surface area contributed by atoms with E-state index >= 15 is 0 Å². The highest BCUT2D eigenvalue weighted by Gasteiger charge is 2.16. The number of ether oxygens (including phenoxy) is 1. The van der Waals surface area contributed by atoms with E-state index in [1.54, 1.807) is 0 Å². The van der Waals surface area contributed by atoms with Gasteiger partial charge in [0.05, 0.1) is 24.4 Å². The molecule has 2 heterocycles. The normalized spacial score (nSPS) is 15.1. The summed E-state index contributed by atoms with van der Waals surface area (Å²) in [5, 5.41) is 0.999. The minimum Gasteiger partial charge on any atom is -0.398 e. The molecular weight excluding hydrogens is 268 g/mol. The highest BCUT2D eigenvalue weighted by molar-refractivity contribution is 9.10. The summed E-state index contributed by atoms with van der Waals surface area (Å²) in [5.41, 5.74) is 10.1. The Balaban J connectivity index is 2.35. The second-order valence-corrected chi connectivity index (χ2v) is 4.83. The molecule has 3 nitrogen and oxygen atoms in total. The molecular formula is C12H11BrN2O. The molecule has 0 atom stereocenters. The molecule has 0 radical (unpaired) electrons. The third-order valence-corrected chi connectivity index (χ3v) is 3.40. The maximum atomic E-state index is 6.17. The minimum atomic E-state index is 0.580. The van der Waals surface area contributed by atoms with Crippen molar-refractivity contribution in [3.63, 3.8) is 0 Å². The number of nitrogens with two attached hydrogens (primary N) is 1. The fraction of sp³-hybridized carbons (Fsp3) is 0.250. The summed E-state index contributed by atoms with van der Waals surface area (Å²) in [6.07, 6.45) is 0.853. The first kappa shape index (κ1) is 10.1. The van der Waals surface area contributed by atoms with Gasteiger partial charge in [0.2, 0.25) is 0 Å². The Kier molecular flexibility index (Phi) is 2.33. The summed E-state index contributed by atoms with van der Waals surface area (Å²) in [7, 11) is 0. The van der Waals surface area contributed by atoms with Crippen molar-refractivity contribution in [2.24, 2.45) is 0 Å². The van der Waals surface area contributed by atoms with E-state index in [1.165, 1.54) is 0 Å². The van der Waals surface area contributed by atoms with Crippen LogP contribution in [-0.4, -0.2) is 11.6 Å². The molecule has 82 valence electrons. The van der Waals surface area contributed by atoms with Crippen LogP contribution < -0.4 is 5.73 Å². The van der Waals surface area contributed by atoms with Gasteiger partial charge in [0.1, 0.15) is 0 Å². The predicted molar refractivity (Wildman–Crippen MR) is 67.2 cm³/mol. The molecule has 4 heteroatoms. The van der Waals surface area contributed by atoms with Gasteiger partial charge in [-0.3, -0.25) is 4.98 Å². The molecule has 0 fully saturated rings. The molecule has 1 aliphatic rings. The summed E-state index contributed by atoms with van der Waals surface area (Å²) >= 11 is 3.45. The van der Waals surface area contributed by atoms with Crippen molar-refractivity contribution in [2.45, 2.75) is 13.0 Å². The number of fused-ring (bicyclic) bond motifs is 2. The summed E-state index contributed by atoms with van der Waals surface area (Å²) in [5.74, 6) is 0. The number of aromatic nitrogens is 1. The first-order valence-electron chi connectivity index (χ1n) is 5.20. The third kappa shape index (κ3) is 1.49. The first-order valence-corrected chi connectivity index (χ1v) is 5.99. The Morgan fingerprint density at radius 2 is 2.25 bits per heavy atom. The van der Waals surface area contributed by atoms with Crippen molar-refractivity contribution in [2.75, 3.05) is 12.3 Å². The van der Waals surface area contributed by atoms with Crippen molar-refractivity contribution in [1.82, 2.24) is 4.98 Å². The molecule has 1 aromatic heterocycles. The van der Waals surface area contributed by atoms with Crippen molar-refractivity contribution in [3.05, 3.63) is 33.9 Å². The summed E-state index contributed by atoms with van der Waals surface area (Å²) in [6.45, 7) is 1.32. The molecule has 0 unspecified atom stereocenters. The highest BCUT2D eigenvalue weighted by Crippen LogP contribution is 2.30. The van der Waals surface area contributed by atoms with Crippen LogP contribution in [0, 0.1) is 0 Å². The van der Waals surface area contributed by atoms with Crippen LogP contribution in [0.3, 0.4) is 0 Å². The van der Waals surface area contributed by atoms with Gasteiger partial charge in [0, 0.05) is 27.5 Å². The Hall–Kier alpha value is -1.13. The summed E-state index contributed by atoms with van der Waals surface area (Å²) in [6, 6.07) is 5.98. The minimum absolute atomic E-state index is 0.580. The summed E-state index contributed by atoms with van der Waals surface area (Å²) < 4.78 is 6.44. The maximum Gasteiger partial charge on any atom is 0.0755 e. The van der Waals surface area contributed by atoms with Crippen molar-refractivity contribution >= 4 is 32.5 Å². The van der Waals surface area contributed by atoms with Crippen molar-refractivity contribution < 1.29 is 4.74 Å². The molecule has 0 saturated heterocycles. The van der Waals surface area contributed by atoms with Crippen LogP contribution >= 0.6 is 15.9 Å². The summed E-state index contributed by atoms with van der Waals surface area (Å²) in [4.78, 5) is 4.64. The first-order chi connectivity index (χ1) is 7.75. The van der Waals surface area contributed by atoms with Gasteiger partial charge in [-0.15, -0.1) is 0 Å². The van der Waals surface area contributed by atoms with E-state index in [2.05, 4.69) is 20.9 Å². The second-order valence-electron chi connectivity index (χ2n) is 3.91. The fourth-order valence-electron chi connectivity index (χ4n) is 2.06. The van der Waals surface area contributed by atoms with E-state index in [9.17, 15) is 0 Å². The third-order valence-electron chi connectivity index (χ3n) is 2.91. The number of rotatable bonds is 0. The lowest BCUT2D eigenvalue weighted by Crippen LogP contribution is -2.14. The van der Waals surface area contributed by atoms with Gasteiger partial charge in [-0.2, -0.15) is 0 Å². The molecule has 2 N–H and O–H groups in total. The highest BCUT2D eigenvalue weighted by atomic mass is 79.9. The van der Waals surface area contributed by atoms with Crippen LogP contribution in [-0.2, 0) is 17.8 Å². The van der Waals surface area contributed by atoms with E-state index in [0.29, 0.717) is 6.61 Å². The van der Waals surface area contributed by atoms with E-state index in [1.807, 2.05) is 18.2 Å². The number of anilines is 1. The van der Waals surface area contributed by atoms with Gasteiger partial charge in [-0.1, -0.05) is 15.9 Å². The molecule has 0 saturated carbocycles. The van der Waals surface area contributed by atoms with Crippen molar-refractivity contribution in [1.29, 1.82) is 0 Å². The van der Waals surface area contributed by atoms with E-state index in [-0.39, 0.29) is 0 Å². The number of benzene rings is 1. The van der Waals surface area contributed by atoms with Crippen LogP contribution in [0.15, 0.2) is 22.7 Å². The van der Waals surface area contributed by atoms with Gasteiger partial charge in [0.15, 0.2) is 0 Å². The van der Waals surface area contributed by atoms with Gasteiger partial charge in [-0.25, -0.2) is 0 Å². The van der Waals surface area contributed by atoms with Crippen LogP contribution in [0.5, 0.6) is 0 Å². The Bertz CT molecular complexity index is 568. The zero-order chi connectivity index (χ0) is 11.1. The second kappa shape index (κ2) is 3.71. The van der Waals surface area contributed by atoms with Crippen LogP contribution in [0.1, 0.15) is 11.3 Å². The van der Waals surface area contributed by atoms with Gasteiger partial charge in [0.25, 0.3) is 0 Å². The Morgan fingerprint density at radius 3 is 3.12 bits per heavy atom. The smallest absolute Gasteiger partial charge is 0.0755 e. The molecule has 1 aromatic carbocycles. The topological polar surface area (TPSA) is 48.1 Å². The molecule has 0 aliphatic carbocycles. The van der Waals surface area contributed by atoms with E-state index in [0.717, 1.165) is 45.3 Å². The van der Waals surface area contributed by atoms with Crippen LogP contribution in [0.25, 0.3) is 10.9 Å². The van der Waals surface area contributed by atoms with Gasteiger partial charge < -0.3 is 10.5 Å². The average Bonchev–Trinajstić information content (AvgIpc) is 2.31. The Labute approximate surface area is 102 Å². The number of hydrogen-bond acceptors (Lipinski definition) is 3. The molecule has 0 spiro atoms. The molecule has 0 amide bonds. The SMILES string of the molecule is Nc1c2c(nc3ccc(Br)cc13)CCOC2. The quantitative estimate of drug-likeness (QED) is 0.806. The van der Waals surface area contributed by atoms with Gasteiger partial charge in [-0.05, 0) is 18.2 Å². The van der Waals surface area contributed by atoms with Crippen molar-refractivity contribution in [3.8, 4) is 0 Å². The van der Waals surface area contributed by atoms with Gasteiger partial charge >= 0.3 is 0 Å². The van der Waals surface area contributed by atoms with Crippen LogP contribution in [0.4, 0.5) is 5.69 Å². The predicted octanol–water partition coefficient (Wildman–Crippen LogP) is 2.65. The lowest BCUT2D eigenvalue weighted by Gasteiger charge is -2.18. The molecule has 0 bridgehead atoms. The van der Waals surface area contributed by atoms with E-state index in [4.69, 9.17) is 10.5 Å². The van der Waals surface area contributed by atoms with E-state index < -0.39 is 0 Å². The standard InChI is InChI=1S/C12H11BrN2O/c13-7-1-2-10-8(5-7)12(14)9-6-16-4-3-11(9)15-10/h1-2,5H,3-4,6H2,(H2,14,15). The fourth-order valence-corrected chi connectivity index (χ4v) is 2.42. The molecule has 16 heavy (non-hydrogen) atoms. The average molecular weight is 279 g/mol. The number of nitrogens with zero attached hydrogens (tertiary/aromatic N) is 1. The molecule has 2 aromatic rings. The lowest BCUT2D eigenvalue weighted by molar-refractivity contribution is 0.110. The zero-order valence-corrected chi connectivity index (χ0v) is 10.3. The molecule has 1 aliphatic heterocycles. The number of pyridine rings is 1. The number of halogens is 1. The number of hydrogen-bond donors (Lipinski definition) is 1. The number of nitrogen functional groups attached to an aromatic ring is 1. The monoisotopic (exact) mass is 278 g/mol. The lowest BCUT2D eigenvalue weighted by atomic mass is 10.0. The maximum absolute atomic E-state index is 6.17.